The highest BCUT2D eigenvalue weighted by atomic mass is 32.1. The van der Waals surface area contributed by atoms with Crippen molar-refractivity contribution < 1.29 is 4.42 Å². The second kappa shape index (κ2) is 8.83. The predicted octanol–water partition coefficient (Wildman–Crippen LogP) is 10.4. The predicted molar refractivity (Wildman–Crippen MR) is 165 cm³/mol. The molecule has 0 saturated carbocycles. The number of para-hydroxylation sites is 2. The topological polar surface area (TPSA) is 38.1 Å². The van der Waals surface area contributed by atoms with Gasteiger partial charge in [0.15, 0.2) is 5.58 Å². The van der Waals surface area contributed by atoms with Crippen LogP contribution in [-0.4, -0.2) is 4.98 Å². The molecule has 184 valence electrons. The van der Waals surface area contributed by atoms with Crippen molar-refractivity contribution in [1.29, 1.82) is 0 Å². The van der Waals surface area contributed by atoms with E-state index in [0.29, 0.717) is 5.89 Å². The first-order valence-corrected chi connectivity index (χ1v) is 13.8. The fraction of sp³-hybridized carbons (Fsp3) is 0. The minimum absolute atomic E-state index is 0.634. The number of fused-ring (bicyclic) bond motifs is 6. The van der Waals surface area contributed by atoms with E-state index in [-0.39, 0.29) is 0 Å². The van der Waals surface area contributed by atoms with E-state index in [4.69, 9.17) is 4.42 Å². The van der Waals surface area contributed by atoms with Crippen molar-refractivity contribution in [2.24, 2.45) is 0 Å². The molecule has 0 unspecified atom stereocenters. The lowest BCUT2D eigenvalue weighted by atomic mass is 9.95. The Morgan fingerprint density at radius 2 is 1.21 bits per heavy atom. The van der Waals surface area contributed by atoms with Crippen molar-refractivity contribution >= 4 is 64.8 Å². The van der Waals surface area contributed by atoms with E-state index < -0.39 is 0 Å². The van der Waals surface area contributed by atoms with E-state index in [9.17, 15) is 0 Å². The van der Waals surface area contributed by atoms with Crippen LogP contribution >= 0.6 is 11.3 Å². The van der Waals surface area contributed by atoms with Gasteiger partial charge in [-0.1, -0.05) is 66.7 Å². The summed E-state index contributed by atoms with van der Waals surface area (Å²) in [5.74, 6) is 0.634. The molecule has 0 fully saturated rings. The van der Waals surface area contributed by atoms with Crippen LogP contribution in [0.1, 0.15) is 0 Å². The van der Waals surface area contributed by atoms with Crippen molar-refractivity contribution in [3.63, 3.8) is 0 Å². The Bertz CT molecular complexity index is 2100. The maximum absolute atomic E-state index is 5.91. The van der Waals surface area contributed by atoms with Gasteiger partial charge < -0.3 is 9.73 Å². The average Bonchev–Trinajstić information content (AvgIpc) is 3.59. The summed E-state index contributed by atoms with van der Waals surface area (Å²) in [5.41, 5.74) is 7.15. The summed E-state index contributed by atoms with van der Waals surface area (Å²) in [5, 5.41) is 8.81. The van der Waals surface area contributed by atoms with Gasteiger partial charge in [-0.3, -0.25) is 0 Å². The second-order valence-corrected chi connectivity index (χ2v) is 10.8. The number of thiophene rings is 1. The quantitative estimate of drug-likeness (QED) is 0.252. The third-order valence-electron chi connectivity index (χ3n) is 7.30. The Morgan fingerprint density at radius 3 is 1.97 bits per heavy atom. The zero-order valence-corrected chi connectivity index (χ0v) is 21.7. The van der Waals surface area contributed by atoms with Gasteiger partial charge in [-0.2, -0.15) is 0 Å². The molecule has 1 N–H and O–H groups in total. The van der Waals surface area contributed by atoms with Crippen LogP contribution in [0.5, 0.6) is 0 Å². The Balaban J connectivity index is 1.11. The number of oxazole rings is 1. The average molecular weight is 519 g/mol. The first kappa shape index (κ1) is 22.1. The first-order valence-electron chi connectivity index (χ1n) is 13.0. The molecule has 0 saturated heterocycles. The minimum atomic E-state index is 0.634. The van der Waals surface area contributed by atoms with Crippen LogP contribution in [0.25, 0.3) is 64.6 Å². The molecule has 0 amide bonds. The Morgan fingerprint density at radius 1 is 0.564 bits per heavy atom. The fourth-order valence-electron chi connectivity index (χ4n) is 5.42. The lowest BCUT2D eigenvalue weighted by molar-refractivity contribution is 0.620. The third-order valence-corrected chi connectivity index (χ3v) is 8.41. The van der Waals surface area contributed by atoms with Gasteiger partial charge in [0.25, 0.3) is 0 Å². The van der Waals surface area contributed by atoms with Crippen LogP contribution in [0.2, 0.25) is 0 Å². The zero-order chi connectivity index (χ0) is 25.8. The number of rotatable bonds is 4. The van der Waals surface area contributed by atoms with Crippen molar-refractivity contribution in [3.05, 3.63) is 127 Å². The molecule has 0 bridgehead atoms. The van der Waals surface area contributed by atoms with Crippen LogP contribution in [0, 0.1) is 0 Å². The smallest absolute Gasteiger partial charge is 0.227 e. The number of nitrogens with zero attached hydrogens (tertiary/aromatic N) is 1. The van der Waals surface area contributed by atoms with Crippen molar-refractivity contribution in [2.45, 2.75) is 0 Å². The summed E-state index contributed by atoms with van der Waals surface area (Å²) < 4.78 is 8.57. The molecule has 2 aromatic heterocycles. The largest absolute Gasteiger partial charge is 0.436 e. The molecule has 0 atom stereocenters. The summed E-state index contributed by atoms with van der Waals surface area (Å²) >= 11 is 1.87. The van der Waals surface area contributed by atoms with Gasteiger partial charge in [-0.25, -0.2) is 4.98 Å². The Labute approximate surface area is 229 Å². The molecule has 0 spiro atoms. The molecule has 2 heterocycles. The highest BCUT2D eigenvalue weighted by Gasteiger charge is 2.13. The molecule has 8 rings (SSSR count). The number of aromatic nitrogens is 1. The van der Waals surface area contributed by atoms with Gasteiger partial charge in [-0.05, 0) is 82.6 Å². The normalized spacial score (nSPS) is 11.6. The fourth-order valence-corrected chi connectivity index (χ4v) is 6.58. The number of anilines is 2. The molecule has 6 aromatic carbocycles. The van der Waals surface area contributed by atoms with Crippen molar-refractivity contribution in [1.82, 2.24) is 4.98 Å². The number of hydrogen-bond acceptors (Lipinski definition) is 4. The van der Waals surface area contributed by atoms with Gasteiger partial charge in [0.05, 0.1) is 0 Å². The molecule has 0 aliphatic heterocycles. The molecular formula is C35H22N2OS. The van der Waals surface area contributed by atoms with Gasteiger partial charge >= 0.3 is 0 Å². The Hall–Kier alpha value is -4.93. The van der Waals surface area contributed by atoms with Gasteiger partial charge in [0.1, 0.15) is 5.52 Å². The molecule has 8 aromatic rings. The van der Waals surface area contributed by atoms with Crippen LogP contribution in [0.15, 0.2) is 132 Å². The maximum atomic E-state index is 5.91. The number of nitrogens with one attached hydrogen (secondary N) is 1. The lowest BCUT2D eigenvalue weighted by Crippen LogP contribution is -1.90. The molecule has 0 aliphatic carbocycles. The van der Waals surface area contributed by atoms with Crippen LogP contribution in [0.4, 0.5) is 11.4 Å². The second-order valence-electron chi connectivity index (χ2n) is 9.71. The molecule has 0 radical (unpaired) electrons. The third kappa shape index (κ3) is 3.77. The van der Waals surface area contributed by atoms with Gasteiger partial charge in [0.2, 0.25) is 5.89 Å². The van der Waals surface area contributed by atoms with Gasteiger partial charge in [0, 0.05) is 37.1 Å². The van der Waals surface area contributed by atoms with Crippen LogP contribution in [-0.2, 0) is 0 Å². The molecule has 0 aliphatic rings. The van der Waals surface area contributed by atoms with E-state index in [1.54, 1.807) is 0 Å². The highest BCUT2D eigenvalue weighted by molar-refractivity contribution is 7.26. The molecule has 39 heavy (non-hydrogen) atoms. The number of benzene rings is 6. The SMILES string of the molecule is c1ccc2oc(-c3ccc(Nc4ccc(-c5cc6sc7ccccc7c6c6ccccc56)cc4)cc3)nc2c1. The van der Waals surface area contributed by atoms with Crippen LogP contribution in [0.3, 0.4) is 0 Å². The molecular weight excluding hydrogens is 496 g/mol. The zero-order valence-electron chi connectivity index (χ0n) is 20.9. The van der Waals surface area contributed by atoms with Gasteiger partial charge in [-0.15, -0.1) is 11.3 Å². The first-order chi connectivity index (χ1) is 19.3. The summed E-state index contributed by atoms with van der Waals surface area (Å²) in [6.07, 6.45) is 0. The standard InChI is InChI=1S/C35H22N2OS/c1-2-8-27-26(7-1)29(21-33-34(27)28-9-3-6-12-32(28)39-33)22-13-17-24(18-14-22)36-25-19-15-23(16-20-25)35-37-30-10-4-5-11-31(30)38-35/h1-21,36H. The van der Waals surface area contributed by atoms with Crippen LogP contribution < -0.4 is 5.32 Å². The van der Waals surface area contributed by atoms with E-state index >= 15 is 0 Å². The van der Waals surface area contributed by atoms with E-state index in [0.717, 1.165) is 28.0 Å². The van der Waals surface area contributed by atoms with Crippen molar-refractivity contribution in [3.8, 4) is 22.6 Å². The monoisotopic (exact) mass is 518 g/mol. The summed E-state index contributed by atoms with van der Waals surface area (Å²) in [6, 6.07) is 44.5. The molecule has 3 nitrogen and oxygen atoms in total. The summed E-state index contributed by atoms with van der Waals surface area (Å²) in [6.45, 7) is 0. The lowest BCUT2D eigenvalue weighted by Gasteiger charge is -2.11. The van der Waals surface area contributed by atoms with E-state index in [1.807, 2.05) is 47.7 Å². The maximum Gasteiger partial charge on any atom is 0.227 e. The summed E-state index contributed by atoms with van der Waals surface area (Å²) in [7, 11) is 0. The van der Waals surface area contributed by atoms with Crippen molar-refractivity contribution in [2.75, 3.05) is 5.32 Å². The number of hydrogen-bond donors (Lipinski definition) is 1. The van der Waals surface area contributed by atoms with E-state index in [2.05, 4.69) is 101 Å². The highest BCUT2D eigenvalue weighted by Crippen LogP contribution is 2.42. The van der Waals surface area contributed by atoms with E-state index in [1.165, 1.54) is 42.1 Å². The summed E-state index contributed by atoms with van der Waals surface area (Å²) in [4.78, 5) is 4.60. The Kier molecular flexibility index (Phi) is 5.00. The molecule has 4 heteroatoms. The minimum Gasteiger partial charge on any atom is -0.436 e.